The fraction of sp³-hybridized carbons (Fsp3) is 0.278. The third-order valence-electron chi connectivity index (χ3n) is 3.35. The van der Waals surface area contributed by atoms with E-state index in [2.05, 4.69) is 15.6 Å². The summed E-state index contributed by atoms with van der Waals surface area (Å²) in [5.41, 5.74) is 1.13. The van der Waals surface area contributed by atoms with Crippen LogP contribution in [-0.4, -0.2) is 22.6 Å². The van der Waals surface area contributed by atoms with Crippen molar-refractivity contribution in [1.29, 1.82) is 0 Å². The number of carbonyl (C=O) groups is 2. The number of anilines is 1. The summed E-state index contributed by atoms with van der Waals surface area (Å²) in [6.07, 6.45) is 1.07. The highest BCUT2D eigenvalue weighted by atomic mass is 16.6. The summed E-state index contributed by atoms with van der Waals surface area (Å²) < 4.78 is 10.9. The molecule has 0 atom stereocenters. The van der Waals surface area contributed by atoms with Crippen LogP contribution in [-0.2, 0) is 11.3 Å². The first-order chi connectivity index (χ1) is 11.8. The molecule has 2 aromatic rings. The monoisotopic (exact) mass is 341 g/mol. The SMILES string of the molecule is CC(C)(C)OC(=O)NCc1ccc2c(c1)NC(=O)c1cccnc1O2. The molecule has 1 aromatic heterocycles. The highest BCUT2D eigenvalue weighted by Crippen LogP contribution is 2.34. The van der Waals surface area contributed by atoms with Gasteiger partial charge in [0.05, 0.1) is 5.69 Å². The van der Waals surface area contributed by atoms with Crippen LogP contribution in [0.25, 0.3) is 0 Å². The number of alkyl carbamates (subject to hydrolysis) is 1. The molecule has 2 N–H and O–H groups in total. The first kappa shape index (κ1) is 16.8. The summed E-state index contributed by atoms with van der Waals surface area (Å²) in [6.45, 7) is 5.66. The number of rotatable bonds is 2. The number of fused-ring (bicyclic) bond motifs is 2. The minimum absolute atomic E-state index is 0.262. The third-order valence-corrected chi connectivity index (χ3v) is 3.35. The van der Waals surface area contributed by atoms with Crippen LogP contribution in [0.5, 0.6) is 11.6 Å². The van der Waals surface area contributed by atoms with E-state index in [1.54, 1.807) is 57.3 Å². The van der Waals surface area contributed by atoms with Gasteiger partial charge in [0.25, 0.3) is 5.91 Å². The molecule has 1 aliphatic heterocycles. The molecule has 0 fully saturated rings. The Morgan fingerprint density at radius 1 is 1.32 bits per heavy atom. The van der Waals surface area contributed by atoms with Crippen LogP contribution in [0.3, 0.4) is 0 Å². The average molecular weight is 341 g/mol. The number of carbonyl (C=O) groups excluding carboxylic acids is 2. The zero-order valence-corrected chi connectivity index (χ0v) is 14.3. The van der Waals surface area contributed by atoms with Crippen molar-refractivity contribution in [2.45, 2.75) is 32.9 Å². The molecule has 0 bridgehead atoms. The number of hydrogen-bond donors (Lipinski definition) is 2. The highest BCUT2D eigenvalue weighted by molar-refractivity contribution is 6.07. The fourth-order valence-electron chi connectivity index (χ4n) is 2.30. The lowest BCUT2D eigenvalue weighted by Gasteiger charge is -2.19. The smallest absolute Gasteiger partial charge is 0.407 e. The van der Waals surface area contributed by atoms with Gasteiger partial charge in [0.15, 0.2) is 5.75 Å². The molecule has 0 spiro atoms. The second kappa shape index (κ2) is 6.43. The van der Waals surface area contributed by atoms with E-state index in [9.17, 15) is 9.59 Å². The molecule has 25 heavy (non-hydrogen) atoms. The van der Waals surface area contributed by atoms with Crippen molar-refractivity contribution in [2.24, 2.45) is 0 Å². The molecule has 0 aliphatic carbocycles. The van der Waals surface area contributed by atoms with Crippen molar-refractivity contribution in [3.8, 4) is 11.6 Å². The lowest BCUT2D eigenvalue weighted by molar-refractivity contribution is 0.0523. The van der Waals surface area contributed by atoms with E-state index in [0.717, 1.165) is 5.56 Å². The van der Waals surface area contributed by atoms with Gasteiger partial charge in [-0.15, -0.1) is 0 Å². The van der Waals surface area contributed by atoms with E-state index < -0.39 is 11.7 Å². The molecular weight excluding hydrogens is 322 g/mol. The Kier molecular flexibility index (Phi) is 4.31. The van der Waals surface area contributed by atoms with Crippen LogP contribution >= 0.6 is 0 Å². The molecule has 0 saturated heterocycles. The predicted octanol–water partition coefficient (Wildman–Crippen LogP) is 3.46. The standard InChI is InChI=1S/C18H19N3O4/c1-18(2,3)25-17(23)20-10-11-6-7-14-13(9-11)21-15(22)12-5-4-8-19-16(12)24-14/h4-9H,10H2,1-3H3,(H,20,23)(H,21,22). The van der Waals surface area contributed by atoms with Crippen LogP contribution in [0.4, 0.5) is 10.5 Å². The second-order valence-corrected chi connectivity index (χ2v) is 6.60. The molecule has 7 heteroatoms. The first-order valence-electron chi connectivity index (χ1n) is 7.86. The Bertz CT molecular complexity index is 827. The molecule has 7 nitrogen and oxygen atoms in total. The van der Waals surface area contributed by atoms with Crippen molar-refractivity contribution in [3.63, 3.8) is 0 Å². The zero-order valence-electron chi connectivity index (χ0n) is 14.3. The van der Waals surface area contributed by atoms with E-state index in [0.29, 0.717) is 17.0 Å². The topological polar surface area (TPSA) is 89.6 Å². The van der Waals surface area contributed by atoms with Gasteiger partial charge in [-0.2, -0.15) is 0 Å². The first-order valence-corrected chi connectivity index (χ1v) is 7.86. The number of amides is 2. The lowest BCUT2D eigenvalue weighted by atomic mass is 10.2. The van der Waals surface area contributed by atoms with Gasteiger partial charge in [-0.05, 0) is 50.6 Å². The predicted molar refractivity (Wildman–Crippen MR) is 91.8 cm³/mol. The number of nitrogens with zero attached hydrogens (tertiary/aromatic N) is 1. The molecule has 130 valence electrons. The minimum atomic E-state index is -0.557. The maximum absolute atomic E-state index is 12.3. The summed E-state index contributed by atoms with van der Waals surface area (Å²) in [5.74, 6) is 0.462. The van der Waals surface area contributed by atoms with Gasteiger partial charge in [0, 0.05) is 12.7 Å². The highest BCUT2D eigenvalue weighted by Gasteiger charge is 2.22. The van der Waals surface area contributed by atoms with Gasteiger partial charge >= 0.3 is 6.09 Å². The van der Waals surface area contributed by atoms with E-state index in [1.165, 1.54) is 0 Å². The van der Waals surface area contributed by atoms with Gasteiger partial charge < -0.3 is 20.1 Å². The number of nitrogens with one attached hydrogen (secondary N) is 2. The number of ether oxygens (including phenoxy) is 2. The molecule has 1 aromatic carbocycles. The van der Waals surface area contributed by atoms with E-state index in [1.807, 2.05) is 0 Å². The Morgan fingerprint density at radius 3 is 2.88 bits per heavy atom. The molecular formula is C18H19N3O4. The number of hydrogen-bond acceptors (Lipinski definition) is 5. The molecule has 0 radical (unpaired) electrons. The molecule has 2 heterocycles. The zero-order chi connectivity index (χ0) is 18.0. The summed E-state index contributed by atoms with van der Waals surface area (Å²) in [6, 6.07) is 8.60. The Morgan fingerprint density at radius 2 is 2.12 bits per heavy atom. The van der Waals surface area contributed by atoms with Gasteiger partial charge in [0.1, 0.15) is 11.2 Å². The van der Waals surface area contributed by atoms with Gasteiger partial charge in [-0.3, -0.25) is 4.79 Å². The fourth-order valence-corrected chi connectivity index (χ4v) is 2.30. The van der Waals surface area contributed by atoms with Crippen LogP contribution in [0.1, 0.15) is 36.7 Å². The van der Waals surface area contributed by atoms with Crippen molar-refractivity contribution in [3.05, 3.63) is 47.7 Å². The van der Waals surface area contributed by atoms with Crippen LogP contribution in [0.15, 0.2) is 36.5 Å². The molecule has 0 saturated carbocycles. The summed E-state index contributed by atoms with van der Waals surface area (Å²) in [5, 5.41) is 5.48. The van der Waals surface area contributed by atoms with Crippen molar-refractivity contribution < 1.29 is 19.1 Å². The maximum atomic E-state index is 12.3. The average Bonchev–Trinajstić information content (AvgIpc) is 2.67. The lowest BCUT2D eigenvalue weighted by Crippen LogP contribution is -2.32. The quantitative estimate of drug-likeness (QED) is 0.873. The number of pyridine rings is 1. The Hall–Kier alpha value is -3.09. The van der Waals surface area contributed by atoms with Crippen molar-refractivity contribution in [2.75, 3.05) is 5.32 Å². The van der Waals surface area contributed by atoms with Crippen LogP contribution in [0.2, 0.25) is 0 Å². The second-order valence-electron chi connectivity index (χ2n) is 6.60. The molecule has 0 unspecified atom stereocenters. The minimum Gasteiger partial charge on any atom is -0.444 e. The number of benzene rings is 1. The molecule has 1 aliphatic rings. The van der Waals surface area contributed by atoms with Gasteiger partial charge in [-0.1, -0.05) is 6.07 Å². The van der Waals surface area contributed by atoms with Crippen LogP contribution in [0, 0.1) is 0 Å². The molecule has 2 amide bonds. The normalized spacial score (nSPS) is 12.8. The summed E-state index contributed by atoms with van der Waals surface area (Å²) >= 11 is 0. The van der Waals surface area contributed by atoms with Gasteiger partial charge in [-0.25, -0.2) is 9.78 Å². The van der Waals surface area contributed by atoms with Crippen molar-refractivity contribution >= 4 is 17.7 Å². The van der Waals surface area contributed by atoms with E-state index in [4.69, 9.17) is 9.47 Å². The summed E-state index contributed by atoms with van der Waals surface area (Å²) in [7, 11) is 0. The van der Waals surface area contributed by atoms with Crippen molar-refractivity contribution in [1.82, 2.24) is 10.3 Å². The van der Waals surface area contributed by atoms with Gasteiger partial charge in [0.2, 0.25) is 5.88 Å². The largest absolute Gasteiger partial charge is 0.444 e. The third kappa shape index (κ3) is 4.06. The van der Waals surface area contributed by atoms with E-state index >= 15 is 0 Å². The Labute approximate surface area is 145 Å². The summed E-state index contributed by atoms with van der Waals surface area (Å²) in [4.78, 5) is 28.1. The molecule has 3 rings (SSSR count). The Balaban J connectivity index is 1.74. The maximum Gasteiger partial charge on any atom is 0.407 e. The van der Waals surface area contributed by atoms with Crippen LogP contribution < -0.4 is 15.4 Å². The number of aromatic nitrogens is 1. The van der Waals surface area contributed by atoms with E-state index in [-0.39, 0.29) is 18.3 Å².